The molecule has 21 heavy (non-hydrogen) atoms. The fraction of sp³-hybridized carbons (Fsp3) is 0.357. The lowest BCUT2D eigenvalue weighted by Gasteiger charge is -2.33. The van der Waals surface area contributed by atoms with E-state index in [4.69, 9.17) is 33.7 Å². The number of hydrogen-bond donors (Lipinski definition) is 1. The Morgan fingerprint density at radius 3 is 2.86 bits per heavy atom. The first-order valence-corrected chi connectivity index (χ1v) is 8.05. The van der Waals surface area contributed by atoms with E-state index in [1.54, 1.807) is 23.3 Å². The lowest BCUT2D eigenvalue weighted by atomic mass is 9.90. The first-order chi connectivity index (χ1) is 10.0. The SMILES string of the molecule is C=CN(CC1(c2ccc(Cl)cc2Cl)CC(Br)CO1)/N=C\N. The Balaban J connectivity index is 2.40. The highest BCUT2D eigenvalue weighted by atomic mass is 79.9. The van der Waals surface area contributed by atoms with Crippen LogP contribution in [0.3, 0.4) is 0 Å². The Bertz CT molecular complexity index is 555. The highest BCUT2D eigenvalue weighted by Crippen LogP contribution is 2.43. The zero-order valence-electron chi connectivity index (χ0n) is 11.3. The van der Waals surface area contributed by atoms with Gasteiger partial charge in [0.05, 0.1) is 13.2 Å². The highest BCUT2D eigenvalue weighted by molar-refractivity contribution is 9.09. The second kappa shape index (κ2) is 7.01. The molecule has 1 fully saturated rings. The average Bonchev–Trinajstić information content (AvgIpc) is 2.80. The zero-order valence-corrected chi connectivity index (χ0v) is 14.4. The van der Waals surface area contributed by atoms with Crippen LogP contribution in [0.4, 0.5) is 0 Å². The van der Waals surface area contributed by atoms with Gasteiger partial charge in [-0.1, -0.05) is 51.8 Å². The van der Waals surface area contributed by atoms with E-state index in [1.165, 1.54) is 6.34 Å². The quantitative estimate of drug-likeness (QED) is 0.359. The summed E-state index contributed by atoms with van der Waals surface area (Å²) in [4.78, 5) is 0.248. The van der Waals surface area contributed by atoms with Gasteiger partial charge in [0.25, 0.3) is 0 Å². The second-order valence-electron chi connectivity index (χ2n) is 4.78. The Labute approximate surface area is 142 Å². The van der Waals surface area contributed by atoms with E-state index in [1.807, 2.05) is 6.07 Å². The molecule has 7 heteroatoms. The van der Waals surface area contributed by atoms with Gasteiger partial charge in [-0.05, 0) is 18.6 Å². The maximum atomic E-state index is 6.36. The fourth-order valence-electron chi connectivity index (χ4n) is 2.47. The van der Waals surface area contributed by atoms with Crippen LogP contribution in [0.25, 0.3) is 0 Å². The van der Waals surface area contributed by atoms with Crippen LogP contribution in [-0.4, -0.2) is 29.3 Å². The van der Waals surface area contributed by atoms with Crippen LogP contribution in [0.5, 0.6) is 0 Å². The first kappa shape index (κ1) is 16.6. The molecule has 2 unspecified atom stereocenters. The van der Waals surface area contributed by atoms with Crippen molar-refractivity contribution in [1.82, 2.24) is 5.01 Å². The van der Waals surface area contributed by atoms with E-state index < -0.39 is 5.60 Å². The molecule has 0 bridgehead atoms. The van der Waals surface area contributed by atoms with Crippen molar-refractivity contribution in [3.05, 3.63) is 46.6 Å². The molecule has 0 radical (unpaired) electrons. The summed E-state index contributed by atoms with van der Waals surface area (Å²) in [6, 6.07) is 5.42. The fourth-order valence-corrected chi connectivity index (χ4v) is 3.70. The third-order valence-electron chi connectivity index (χ3n) is 3.36. The summed E-state index contributed by atoms with van der Waals surface area (Å²) < 4.78 is 6.06. The van der Waals surface area contributed by atoms with E-state index in [2.05, 4.69) is 27.6 Å². The van der Waals surface area contributed by atoms with E-state index in [0.29, 0.717) is 23.2 Å². The monoisotopic (exact) mass is 391 g/mol. The molecular weight excluding hydrogens is 377 g/mol. The van der Waals surface area contributed by atoms with Crippen LogP contribution in [0.15, 0.2) is 36.1 Å². The van der Waals surface area contributed by atoms with Crippen LogP contribution in [0.1, 0.15) is 12.0 Å². The maximum Gasteiger partial charge on any atom is 0.115 e. The number of nitrogens with two attached hydrogens (primary N) is 1. The van der Waals surface area contributed by atoms with Crippen molar-refractivity contribution in [1.29, 1.82) is 0 Å². The minimum absolute atomic E-state index is 0.248. The molecule has 1 aromatic rings. The van der Waals surface area contributed by atoms with Gasteiger partial charge in [-0.2, -0.15) is 5.10 Å². The van der Waals surface area contributed by atoms with Crippen molar-refractivity contribution >= 4 is 45.5 Å². The third kappa shape index (κ3) is 3.72. The molecule has 0 aliphatic carbocycles. The number of hydrazone groups is 1. The molecule has 1 aromatic carbocycles. The van der Waals surface area contributed by atoms with Gasteiger partial charge >= 0.3 is 0 Å². The number of alkyl halides is 1. The van der Waals surface area contributed by atoms with Crippen LogP contribution in [0.2, 0.25) is 10.0 Å². The van der Waals surface area contributed by atoms with Gasteiger partial charge < -0.3 is 10.5 Å². The van der Waals surface area contributed by atoms with Gasteiger partial charge in [-0.15, -0.1) is 0 Å². The summed E-state index contributed by atoms with van der Waals surface area (Å²) in [5, 5.41) is 6.85. The molecule has 0 saturated carbocycles. The van der Waals surface area contributed by atoms with E-state index >= 15 is 0 Å². The predicted octanol–water partition coefficient (Wildman–Crippen LogP) is 3.72. The van der Waals surface area contributed by atoms with Gasteiger partial charge in [0, 0.05) is 26.6 Å². The Hall–Kier alpha value is -0.750. The van der Waals surface area contributed by atoms with Crippen molar-refractivity contribution in [2.45, 2.75) is 16.8 Å². The smallest absolute Gasteiger partial charge is 0.115 e. The Morgan fingerprint density at radius 2 is 2.33 bits per heavy atom. The number of hydrogen-bond acceptors (Lipinski definition) is 3. The lowest BCUT2D eigenvalue weighted by molar-refractivity contribution is -0.0185. The summed E-state index contributed by atoms with van der Waals surface area (Å²) in [5.41, 5.74) is 5.66. The third-order valence-corrected chi connectivity index (χ3v) is 4.49. The molecule has 0 amide bonds. The molecule has 2 N–H and O–H groups in total. The van der Waals surface area contributed by atoms with Gasteiger partial charge in [-0.25, -0.2) is 0 Å². The van der Waals surface area contributed by atoms with Gasteiger partial charge in [0.1, 0.15) is 11.9 Å². The Morgan fingerprint density at radius 1 is 1.57 bits per heavy atom. The molecule has 1 heterocycles. The summed E-state index contributed by atoms with van der Waals surface area (Å²) in [6.07, 6.45) is 3.58. The largest absolute Gasteiger partial charge is 0.388 e. The van der Waals surface area contributed by atoms with Crippen molar-refractivity contribution in [2.75, 3.05) is 13.2 Å². The summed E-state index contributed by atoms with van der Waals surface area (Å²) >= 11 is 15.9. The van der Waals surface area contributed by atoms with E-state index in [9.17, 15) is 0 Å². The number of halogens is 3. The van der Waals surface area contributed by atoms with Crippen molar-refractivity contribution in [3.8, 4) is 0 Å². The zero-order chi connectivity index (χ0) is 15.5. The van der Waals surface area contributed by atoms with Crippen molar-refractivity contribution < 1.29 is 4.74 Å². The van der Waals surface area contributed by atoms with Gasteiger partial charge in [0.2, 0.25) is 0 Å². The molecule has 4 nitrogen and oxygen atoms in total. The number of benzene rings is 1. The minimum atomic E-state index is -0.587. The number of ether oxygens (including phenoxy) is 1. The van der Waals surface area contributed by atoms with Crippen LogP contribution >= 0.6 is 39.1 Å². The molecule has 1 aliphatic rings. The molecule has 0 aromatic heterocycles. The molecule has 2 rings (SSSR count). The van der Waals surface area contributed by atoms with E-state index in [0.717, 1.165) is 12.0 Å². The van der Waals surface area contributed by atoms with Crippen LogP contribution in [-0.2, 0) is 10.3 Å². The lowest BCUT2D eigenvalue weighted by Crippen LogP contribution is -2.37. The standard InChI is InChI=1S/C14H16BrCl2N3O/c1-2-20(19-9-18)8-14(6-10(15)7-21-14)12-4-3-11(16)5-13(12)17/h2-5,9-10H,1,6-8H2,(H2,18,19). The summed E-state index contributed by atoms with van der Waals surface area (Å²) in [7, 11) is 0. The van der Waals surface area contributed by atoms with E-state index in [-0.39, 0.29) is 4.83 Å². The second-order valence-corrected chi connectivity index (χ2v) is 6.91. The summed E-state index contributed by atoms with van der Waals surface area (Å²) in [5.74, 6) is 0. The number of rotatable bonds is 5. The predicted molar refractivity (Wildman–Crippen MR) is 91.0 cm³/mol. The van der Waals surface area contributed by atoms with Gasteiger partial charge in [-0.3, -0.25) is 5.01 Å². The molecule has 2 atom stereocenters. The molecular formula is C14H16BrCl2N3O. The maximum absolute atomic E-state index is 6.36. The molecule has 1 aliphatic heterocycles. The number of nitrogens with zero attached hydrogens (tertiary/aromatic N) is 2. The normalized spacial score (nSPS) is 25.4. The van der Waals surface area contributed by atoms with Crippen LogP contribution < -0.4 is 5.73 Å². The molecule has 0 spiro atoms. The first-order valence-electron chi connectivity index (χ1n) is 6.37. The van der Waals surface area contributed by atoms with Crippen molar-refractivity contribution in [3.63, 3.8) is 0 Å². The minimum Gasteiger partial charge on any atom is -0.388 e. The Kier molecular flexibility index (Phi) is 5.54. The van der Waals surface area contributed by atoms with Crippen molar-refractivity contribution in [2.24, 2.45) is 10.8 Å². The topological polar surface area (TPSA) is 50.8 Å². The highest BCUT2D eigenvalue weighted by Gasteiger charge is 2.43. The molecule has 114 valence electrons. The van der Waals surface area contributed by atoms with Crippen LogP contribution in [0, 0.1) is 0 Å². The molecule has 1 saturated heterocycles. The van der Waals surface area contributed by atoms with Gasteiger partial charge in [0.15, 0.2) is 0 Å². The average molecular weight is 393 g/mol. The summed E-state index contributed by atoms with van der Waals surface area (Å²) in [6.45, 7) is 4.80.